The fourth-order valence-electron chi connectivity index (χ4n) is 0.461. The molecule has 0 amide bonds. The van der Waals surface area contributed by atoms with Gasteiger partial charge in [-0.15, -0.1) is 0 Å². The van der Waals surface area contributed by atoms with E-state index in [1.54, 1.807) is 12.1 Å². The van der Waals surface area contributed by atoms with Crippen molar-refractivity contribution in [2.45, 2.75) is 6.54 Å². The van der Waals surface area contributed by atoms with Gasteiger partial charge in [-0.05, 0) is 23.7 Å². The number of hydrogen-bond donors (Lipinski definition) is 1. The van der Waals surface area contributed by atoms with Gasteiger partial charge in [0.05, 0.1) is 6.54 Å². The summed E-state index contributed by atoms with van der Waals surface area (Å²) in [6.07, 6.45) is 0. The Kier molecular flexibility index (Phi) is 1.56. The normalized spacial score (nSPS) is 9.75. The second-order valence-electron chi connectivity index (χ2n) is 1.41. The number of nitrogens with two attached hydrogens (primary N) is 1. The van der Waals surface area contributed by atoms with Crippen LogP contribution in [0.2, 0.25) is 5.22 Å². The van der Waals surface area contributed by atoms with Crippen molar-refractivity contribution in [1.82, 2.24) is 0 Å². The van der Waals surface area contributed by atoms with Crippen LogP contribution >= 0.6 is 11.6 Å². The molecule has 0 aliphatic rings. The van der Waals surface area contributed by atoms with E-state index in [2.05, 4.69) is 0 Å². The van der Waals surface area contributed by atoms with Crippen LogP contribution < -0.4 is 5.73 Å². The summed E-state index contributed by atoms with van der Waals surface area (Å²) in [5, 5.41) is 0.394. The lowest BCUT2D eigenvalue weighted by Crippen LogP contribution is -1.92. The smallest absolute Gasteiger partial charge is 0.193 e. The molecule has 0 aromatic carbocycles. The SMILES string of the molecule is NCc1ccc(Cl)o1. The Balaban J connectivity index is 2.84. The molecule has 0 aliphatic heterocycles. The summed E-state index contributed by atoms with van der Waals surface area (Å²) in [5.74, 6) is 0.718. The van der Waals surface area contributed by atoms with E-state index in [1.165, 1.54) is 0 Å². The molecule has 44 valence electrons. The van der Waals surface area contributed by atoms with Crippen LogP contribution in [0, 0.1) is 0 Å². The van der Waals surface area contributed by atoms with Gasteiger partial charge in [-0.3, -0.25) is 0 Å². The molecule has 1 aromatic heterocycles. The van der Waals surface area contributed by atoms with E-state index in [4.69, 9.17) is 21.8 Å². The molecule has 0 atom stereocenters. The third kappa shape index (κ3) is 1.02. The molecule has 0 fully saturated rings. The van der Waals surface area contributed by atoms with Crippen molar-refractivity contribution in [3.05, 3.63) is 23.1 Å². The zero-order valence-electron chi connectivity index (χ0n) is 4.23. The maximum absolute atomic E-state index is 5.42. The quantitative estimate of drug-likeness (QED) is 0.626. The molecule has 0 saturated heterocycles. The summed E-state index contributed by atoms with van der Waals surface area (Å²) >= 11 is 5.42. The summed E-state index contributed by atoms with van der Waals surface area (Å²) in [7, 11) is 0. The molecule has 8 heavy (non-hydrogen) atoms. The maximum atomic E-state index is 5.42. The van der Waals surface area contributed by atoms with E-state index in [0.717, 1.165) is 5.76 Å². The number of hydrogen-bond acceptors (Lipinski definition) is 2. The van der Waals surface area contributed by atoms with E-state index in [9.17, 15) is 0 Å². The zero-order chi connectivity index (χ0) is 5.98. The topological polar surface area (TPSA) is 39.2 Å². The molecule has 2 nitrogen and oxygen atoms in total. The van der Waals surface area contributed by atoms with Crippen LogP contribution in [0.1, 0.15) is 5.76 Å². The van der Waals surface area contributed by atoms with Crippen LogP contribution in [0.5, 0.6) is 0 Å². The highest BCUT2D eigenvalue weighted by Crippen LogP contribution is 2.11. The minimum atomic E-state index is 0.394. The second kappa shape index (κ2) is 2.20. The fourth-order valence-corrected chi connectivity index (χ4v) is 0.624. The Hall–Kier alpha value is -0.470. The largest absolute Gasteiger partial charge is 0.448 e. The first-order valence-corrected chi connectivity index (χ1v) is 2.65. The molecule has 3 heteroatoms. The van der Waals surface area contributed by atoms with Gasteiger partial charge >= 0.3 is 0 Å². The number of halogens is 1. The van der Waals surface area contributed by atoms with E-state index < -0.39 is 0 Å². The third-order valence-corrected chi connectivity index (χ3v) is 1.03. The molecule has 0 unspecified atom stereocenters. The van der Waals surface area contributed by atoms with Crippen LogP contribution in [-0.4, -0.2) is 0 Å². The van der Waals surface area contributed by atoms with Gasteiger partial charge in [-0.1, -0.05) is 0 Å². The van der Waals surface area contributed by atoms with E-state index >= 15 is 0 Å². The summed E-state index contributed by atoms with van der Waals surface area (Å²) in [4.78, 5) is 0. The second-order valence-corrected chi connectivity index (χ2v) is 1.78. The minimum Gasteiger partial charge on any atom is -0.448 e. The summed E-state index contributed by atoms with van der Waals surface area (Å²) in [5.41, 5.74) is 5.21. The van der Waals surface area contributed by atoms with Crippen LogP contribution in [0.4, 0.5) is 0 Å². The van der Waals surface area contributed by atoms with Crippen LogP contribution in [0.15, 0.2) is 16.5 Å². The van der Waals surface area contributed by atoms with Gasteiger partial charge < -0.3 is 10.2 Å². The third-order valence-electron chi connectivity index (χ3n) is 0.830. The molecule has 0 radical (unpaired) electrons. The molecule has 1 aromatic rings. The standard InChI is InChI=1S/C5H6ClNO/c6-5-2-1-4(3-7)8-5/h1-2H,3,7H2. The van der Waals surface area contributed by atoms with Crippen LogP contribution in [0.25, 0.3) is 0 Å². The Morgan fingerprint density at radius 1 is 1.62 bits per heavy atom. The molecule has 0 saturated carbocycles. The zero-order valence-corrected chi connectivity index (χ0v) is 4.98. The van der Waals surface area contributed by atoms with Gasteiger partial charge in [0.2, 0.25) is 0 Å². The highest BCUT2D eigenvalue weighted by Gasteiger charge is 1.93. The molecular weight excluding hydrogens is 126 g/mol. The van der Waals surface area contributed by atoms with Crippen molar-refractivity contribution in [3.63, 3.8) is 0 Å². The monoisotopic (exact) mass is 131 g/mol. The molecule has 0 aliphatic carbocycles. The van der Waals surface area contributed by atoms with Crippen molar-refractivity contribution >= 4 is 11.6 Å². The molecule has 0 spiro atoms. The van der Waals surface area contributed by atoms with Crippen LogP contribution in [-0.2, 0) is 6.54 Å². The van der Waals surface area contributed by atoms with Crippen molar-refractivity contribution in [1.29, 1.82) is 0 Å². The van der Waals surface area contributed by atoms with Crippen LogP contribution in [0.3, 0.4) is 0 Å². The highest BCUT2D eigenvalue weighted by molar-refractivity contribution is 6.28. The Bertz CT molecular complexity index is 173. The van der Waals surface area contributed by atoms with Gasteiger partial charge in [-0.2, -0.15) is 0 Å². The predicted octanol–water partition coefficient (Wildman–Crippen LogP) is 1.39. The lowest BCUT2D eigenvalue weighted by molar-refractivity contribution is 0.514. The summed E-state index contributed by atoms with van der Waals surface area (Å²) in [6, 6.07) is 3.42. The fraction of sp³-hybridized carbons (Fsp3) is 0.200. The lowest BCUT2D eigenvalue weighted by atomic mass is 10.5. The predicted molar refractivity (Wildman–Crippen MR) is 31.6 cm³/mol. The van der Waals surface area contributed by atoms with Gasteiger partial charge in [-0.25, -0.2) is 0 Å². The first-order valence-electron chi connectivity index (χ1n) is 2.27. The number of rotatable bonds is 1. The van der Waals surface area contributed by atoms with Gasteiger partial charge in [0.1, 0.15) is 5.76 Å². The summed E-state index contributed by atoms with van der Waals surface area (Å²) < 4.78 is 4.87. The van der Waals surface area contributed by atoms with Gasteiger partial charge in [0, 0.05) is 0 Å². The average molecular weight is 132 g/mol. The summed E-state index contributed by atoms with van der Waals surface area (Å²) in [6.45, 7) is 0.409. The van der Waals surface area contributed by atoms with Crippen molar-refractivity contribution < 1.29 is 4.42 Å². The van der Waals surface area contributed by atoms with Gasteiger partial charge in [0.15, 0.2) is 5.22 Å². The molecular formula is C5H6ClNO. The Labute approximate surface area is 52.2 Å². The minimum absolute atomic E-state index is 0.394. The molecule has 1 rings (SSSR count). The first kappa shape index (κ1) is 5.66. The molecule has 1 heterocycles. The van der Waals surface area contributed by atoms with Crippen molar-refractivity contribution in [3.8, 4) is 0 Å². The van der Waals surface area contributed by atoms with E-state index in [-0.39, 0.29) is 0 Å². The Morgan fingerprint density at radius 3 is 2.62 bits per heavy atom. The van der Waals surface area contributed by atoms with Crippen molar-refractivity contribution in [2.75, 3.05) is 0 Å². The Morgan fingerprint density at radius 2 is 2.38 bits per heavy atom. The lowest BCUT2D eigenvalue weighted by Gasteiger charge is -1.82. The molecule has 2 N–H and O–H groups in total. The van der Waals surface area contributed by atoms with Crippen molar-refractivity contribution in [2.24, 2.45) is 5.73 Å². The maximum Gasteiger partial charge on any atom is 0.193 e. The van der Waals surface area contributed by atoms with Gasteiger partial charge in [0.25, 0.3) is 0 Å². The average Bonchev–Trinajstić information content (AvgIpc) is 2.14. The van der Waals surface area contributed by atoms with E-state index in [0.29, 0.717) is 11.8 Å². The molecule has 0 bridgehead atoms. The first-order chi connectivity index (χ1) is 3.83. The highest BCUT2D eigenvalue weighted by atomic mass is 35.5. The van der Waals surface area contributed by atoms with E-state index in [1.807, 2.05) is 0 Å². The number of furan rings is 1.